The van der Waals surface area contributed by atoms with Gasteiger partial charge >= 0.3 is 0 Å². The number of aryl methyl sites for hydroxylation is 2. The Morgan fingerprint density at radius 3 is 2.28 bits per heavy atom. The van der Waals surface area contributed by atoms with Crippen molar-refractivity contribution in [2.24, 2.45) is 0 Å². The lowest BCUT2D eigenvalue weighted by Crippen LogP contribution is -1.98. The zero-order valence-electron chi connectivity index (χ0n) is 10.3. The summed E-state index contributed by atoms with van der Waals surface area (Å²) in [7, 11) is 0. The largest absolute Gasteiger partial charge is 0.489 e. The standard InChI is InChI=1S/C15H14Cl2O/c1-10-6-7-15(11(2)8-10)18-9-12-13(16)4-3-5-14(12)17/h3-8H,9H2,1-2H3. The third kappa shape index (κ3) is 2.98. The van der Waals surface area contributed by atoms with Crippen LogP contribution in [0, 0.1) is 13.8 Å². The molecule has 2 rings (SSSR count). The second-order valence-corrected chi connectivity index (χ2v) is 5.07. The molecule has 0 aliphatic rings. The van der Waals surface area contributed by atoms with E-state index in [1.165, 1.54) is 5.56 Å². The van der Waals surface area contributed by atoms with Crippen LogP contribution in [-0.4, -0.2) is 0 Å². The molecule has 18 heavy (non-hydrogen) atoms. The van der Waals surface area contributed by atoms with Gasteiger partial charge in [-0.15, -0.1) is 0 Å². The summed E-state index contributed by atoms with van der Waals surface area (Å²) in [6, 6.07) is 11.5. The fraction of sp³-hybridized carbons (Fsp3) is 0.200. The zero-order chi connectivity index (χ0) is 13.1. The van der Waals surface area contributed by atoms with Crippen LogP contribution in [0.15, 0.2) is 36.4 Å². The van der Waals surface area contributed by atoms with Gasteiger partial charge in [-0.3, -0.25) is 0 Å². The Labute approximate surface area is 117 Å². The van der Waals surface area contributed by atoms with Crippen molar-refractivity contribution in [1.29, 1.82) is 0 Å². The van der Waals surface area contributed by atoms with E-state index in [1.54, 1.807) is 0 Å². The van der Waals surface area contributed by atoms with Crippen molar-refractivity contribution in [1.82, 2.24) is 0 Å². The Morgan fingerprint density at radius 1 is 1.00 bits per heavy atom. The van der Waals surface area contributed by atoms with Crippen LogP contribution in [-0.2, 0) is 6.61 Å². The Bertz CT molecular complexity index is 544. The molecule has 0 radical (unpaired) electrons. The van der Waals surface area contributed by atoms with E-state index in [9.17, 15) is 0 Å². The van der Waals surface area contributed by atoms with Gasteiger partial charge in [-0.1, -0.05) is 47.0 Å². The molecular formula is C15H14Cl2O. The number of hydrogen-bond donors (Lipinski definition) is 0. The van der Waals surface area contributed by atoms with Crippen molar-refractivity contribution in [3.05, 3.63) is 63.1 Å². The first-order chi connectivity index (χ1) is 8.58. The molecule has 0 spiro atoms. The van der Waals surface area contributed by atoms with Crippen molar-refractivity contribution in [3.63, 3.8) is 0 Å². The van der Waals surface area contributed by atoms with Gasteiger partial charge in [0.05, 0.1) is 0 Å². The highest BCUT2D eigenvalue weighted by atomic mass is 35.5. The number of benzene rings is 2. The smallest absolute Gasteiger partial charge is 0.122 e. The van der Waals surface area contributed by atoms with Crippen LogP contribution in [0.1, 0.15) is 16.7 Å². The third-order valence-electron chi connectivity index (χ3n) is 2.76. The molecule has 0 fully saturated rings. The number of ether oxygens (including phenoxy) is 1. The molecule has 0 aromatic heterocycles. The van der Waals surface area contributed by atoms with E-state index in [-0.39, 0.29) is 0 Å². The summed E-state index contributed by atoms with van der Waals surface area (Å²) < 4.78 is 5.77. The Hall–Kier alpha value is -1.18. The summed E-state index contributed by atoms with van der Waals surface area (Å²) in [6.45, 7) is 4.46. The van der Waals surface area contributed by atoms with E-state index < -0.39 is 0 Å². The predicted octanol–water partition coefficient (Wildman–Crippen LogP) is 5.19. The van der Waals surface area contributed by atoms with Gasteiger partial charge in [-0.25, -0.2) is 0 Å². The predicted molar refractivity (Wildman–Crippen MR) is 76.7 cm³/mol. The number of hydrogen-bond acceptors (Lipinski definition) is 1. The van der Waals surface area contributed by atoms with Gasteiger partial charge in [0, 0.05) is 15.6 Å². The molecule has 0 N–H and O–H groups in total. The van der Waals surface area contributed by atoms with E-state index in [1.807, 2.05) is 37.3 Å². The molecule has 3 heteroatoms. The average molecular weight is 281 g/mol. The van der Waals surface area contributed by atoms with E-state index in [0.717, 1.165) is 16.9 Å². The van der Waals surface area contributed by atoms with Gasteiger partial charge < -0.3 is 4.74 Å². The van der Waals surface area contributed by atoms with Crippen molar-refractivity contribution in [2.75, 3.05) is 0 Å². The molecule has 0 aliphatic heterocycles. The highest BCUT2D eigenvalue weighted by molar-refractivity contribution is 6.35. The molecule has 2 aromatic carbocycles. The molecule has 94 valence electrons. The van der Waals surface area contributed by atoms with E-state index in [0.29, 0.717) is 16.7 Å². The molecule has 0 heterocycles. The van der Waals surface area contributed by atoms with E-state index in [2.05, 4.69) is 13.0 Å². The second-order valence-electron chi connectivity index (χ2n) is 4.26. The summed E-state index contributed by atoms with van der Waals surface area (Å²) in [5, 5.41) is 1.26. The Morgan fingerprint density at radius 2 is 1.67 bits per heavy atom. The maximum Gasteiger partial charge on any atom is 0.122 e. The molecule has 0 unspecified atom stereocenters. The van der Waals surface area contributed by atoms with Gasteiger partial charge in [-0.05, 0) is 37.6 Å². The molecule has 1 nitrogen and oxygen atoms in total. The molecule has 0 amide bonds. The summed E-state index contributed by atoms with van der Waals surface area (Å²) in [5.41, 5.74) is 3.15. The fourth-order valence-electron chi connectivity index (χ4n) is 1.78. The summed E-state index contributed by atoms with van der Waals surface area (Å²) in [5.74, 6) is 0.858. The summed E-state index contributed by atoms with van der Waals surface area (Å²) >= 11 is 12.2. The number of halogens is 2. The second kappa shape index (κ2) is 5.64. The minimum absolute atomic E-state index is 0.377. The van der Waals surface area contributed by atoms with Crippen LogP contribution in [0.5, 0.6) is 5.75 Å². The first kappa shape index (κ1) is 13.3. The maximum atomic E-state index is 6.10. The summed E-state index contributed by atoms with van der Waals surface area (Å²) in [4.78, 5) is 0. The topological polar surface area (TPSA) is 9.23 Å². The van der Waals surface area contributed by atoms with Crippen LogP contribution >= 0.6 is 23.2 Å². The lowest BCUT2D eigenvalue weighted by atomic mass is 10.1. The van der Waals surface area contributed by atoms with Gasteiger partial charge in [0.1, 0.15) is 12.4 Å². The molecule has 0 atom stereocenters. The lowest BCUT2D eigenvalue weighted by molar-refractivity contribution is 0.304. The van der Waals surface area contributed by atoms with E-state index in [4.69, 9.17) is 27.9 Å². The van der Waals surface area contributed by atoms with Crippen LogP contribution in [0.3, 0.4) is 0 Å². The van der Waals surface area contributed by atoms with Gasteiger partial charge in [0.15, 0.2) is 0 Å². The molecule has 2 aromatic rings. The zero-order valence-corrected chi connectivity index (χ0v) is 11.8. The molecule has 0 saturated carbocycles. The van der Waals surface area contributed by atoms with Crippen LogP contribution in [0.2, 0.25) is 10.0 Å². The highest BCUT2D eigenvalue weighted by Gasteiger charge is 2.07. The van der Waals surface area contributed by atoms with Gasteiger partial charge in [-0.2, -0.15) is 0 Å². The Kier molecular flexibility index (Phi) is 4.15. The van der Waals surface area contributed by atoms with Crippen molar-refractivity contribution in [2.45, 2.75) is 20.5 Å². The minimum Gasteiger partial charge on any atom is -0.489 e. The lowest BCUT2D eigenvalue weighted by Gasteiger charge is -2.11. The molecule has 0 bridgehead atoms. The first-order valence-electron chi connectivity index (χ1n) is 5.71. The van der Waals surface area contributed by atoms with Crippen LogP contribution in [0.25, 0.3) is 0 Å². The summed E-state index contributed by atoms with van der Waals surface area (Å²) in [6.07, 6.45) is 0. The molecule has 0 aliphatic carbocycles. The first-order valence-corrected chi connectivity index (χ1v) is 6.46. The fourth-order valence-corrected chi connectivity index (χ4v) is 2.29. The van der Waals surface area contributed by atoms with Crippen molar-refractivity contribution >= 4 is 23.2 Å². The number of rotatable bonds is 3. The van der Waals surface area contributed by atoms with Gasteiger partial charge in [0.25, 0.3) is 0 Å². The minimum atomic E-state index is 0.377. The van der Waals surface area contributed by atoms with Gasteiger partial charge in [0.2, 0.25) is 0 Å². The normalized spacial score (nSPS) is 10.4. The van der Waals surface area contributed by atoms with Crippen molar-refractivity contribution in [3.8, 4) is 5.75 Å². The van der Waals surface area contributed by atoms with Crippen LogP contribution < -0.4 is 4.74 Å². The van der Waals surface area contributed by atoms with E-state index >= 15 is 0 Å². The third-order valence-corrected chi connectivity index (χ3v) is 3.47. The Balaban J connectivity index is 2.16. The van der Waals surface area contributed by atoms with Crippen molar-refractivity contribution < 1.29 is 4.74 Å². The average Bonchev–Trinajstić information content (AvgIpc) is 2.31. The SMILES string of the molecule is Cc1ccc(OCc2c(Cl)cccc2Cl)c(C)c1. The molecular weight excluding hydrogens is 267 g/mol. The molecule has 0 saturated heterocycles. The van der Waals surface area contributed by atoms with Crippen LogP contribution in [0.4, 0.5) is 0 Å². The monoisotopic (exact) mass is 280 g/mol. The quantitative estimate of drug-likeness (QED) is 0.752. The maximum absolute atomic E-state index is 6.10. The highest BCUT2D eigenvalue weighted by Crippen LogP contribution is 2.27.